The highest BCUT2D eigenvalue weighted by atomic mass is 19.1. The molecule has 6 rings (SSSR count). The van der Waals surface area contributed by atoms with Crippen molar-refractivity contribution in [3.8, 4) is 5.88 Å². The van der Waals surface area contributed by atoms with Gasteiger partial charge in [0.25, 0.3) is 0 Å². The van der Waals surface area contributed by atoms with Crippen LogP contribution < -0.4 is 4.74 Å². The fourth-order valence-electron chi connectivity index (χ4n) is 5.57. The highest BCUT2D eigenvalue weighted by molar-refractivity contribution is 5.92. The van der Waals surface area contributed by atoms with Gasteiger partial charge in [-0.3, -0.25) is 9.88 Å². The molecule has 1 aromatic carbocycles. The number of halogens is 1. The number of benzene rings is 1. The topological polar surface area (TPSA) is 103 Å². The molecule has 0 amide bonds. The number of hydrogen-bond donors (Lipinski definition) is 1. The van der Waals surface area contributed by atoms with Crippen molar-refractivity contribution in [2.24, 2.45) is 0 Å². The fourth-order valence-corrected chi connectivity index (χ4v) is 5.57. The Morgan fingerprint density at radius 1 is 1.18 bits per heavy atom. The van der Waals surface area contributed by atoms with Crippen LogP contribution in [-0.2, 0) is 17.9 Å². The molecular formula is C30H32FN5O4. The molecule has 3 aromatic heterocycles. The monoisotopic (exact) mass is 545 g/mol. The molecule has 0 spiro atoms. The summed E-state index contributed by atoms with van der Waals surface area (Å²) in [6.45, 7) is 5.45. The number of ether oxygens (including phenoxy) is 2. The number of hydrogen-bond acceptors (Lipinski definition) is 7. The van der Waals surface area contributed by atoms with E-state index < -0.39 is 11.8 Å². The maximum Gasteiger partial charge on any atom is 0.335 e. The van der Waals surface area contributed by atoms with E-state index in [0.29, 0.717) is 23.9 Å². The minimum atomic E-state index is -0.946. The summed E-state index contributed by atoms with van der Waals surface area (Å²) in [5.74, 6) is 0.376. The molecule has 0 saturated carbocycles. The van der Waals surface area contributed by atoms with Crippen molar-refractivity contribution in [3.63, 3.8) is 0 Å². The number of carboxylic acid groups (broad SMARTS) is 1. The van der Waals surface area contributed by atoms with E-state index >= 15 is 0 Å². The van der Waals surface area contributed by atoms with Crippen LogP contribution in [-0.4, -0.2) is 61.3 Å². The van der Waals surface area contributed by atoms with E-state index in [1.165, 1.54) is 6.20 Å². The van der Waals surface area contributed by atoms with Gasteiger partial charge in [0, 0.05) is 36.0 Å². The van der Waals surface area contributed by atoms with Crippen LogP contribution in [0.15, 0.2) is 54.9 Å². The normalized spacial score (nSPS) is 18.9. The highest BCUT2D eigenvalue weighted by Crippen LogP contribution is 2.34. The quantitative estimate of drug-likeness (QED) is 0.315. The van der Waals surface area contributed by atoms with Gasteiger partial charge in [0.1, 0.15) is 18.2 Å². The molecule has 0 radical (unpaired) electrons. The third-order valence-electron chi connectivity index (χ3n) is 8.05. The Balaban J connectivity index is 1.14. The summed E-state index contributed by atoms with van der Waals surface area (Å²) in [6.07, 6.45) is 5.72. The summed E-state index contributed by atoms with van der Waals surface area (Å²) in [7, 11) is 0. The molecule has 1 N–H and O–H groups in total. The van der Waals surface area contributed by atoms with Gasteiger partial charge in [-0.15, -0.1) is 0 Å². The summed E-state index contributed by atoms with van der Waals surface area (Å²) in [6, 6.07) is 12.5. The number of likely N-dealkylation sites (tertiary alicyclic amines) is 1. The van der Waals surface area contributed by atoms with Crippen LogP contribution in [0, 0.1) is 5.82 Å². The second kappa shape index (κ2) is 11.3. The van der Waals surface area contributed by atoms with Crippen LogP contribution in [0.4, 0.5) is 4.39 Å². The van der Waals surface area contributed by atoms with Crippen molar-refractivity contribution in [3.05, 3.63) is 83.3 Å². The standard InChI is InChI=1S/C30H32FN5O4/c1-19(29-34-26-6-5-21(30(37)38)15-27(26)36(29)17-23-10-14-39-23)35-12-8-20(9-13-35)25-3-2-4-28(33-25)40-18-22-7-11-32-16-24(22)31/h2-7,11,15-16,19-20,23H,8-10,12-14,17-18H2,1H3,(H,37,38)/t19?,23-/m0/s1. The van der Waals surface area contributed by atoms with E-state index in [-0.39, 0.29) is 24.3 Å². The van der Waals surface area contributed by atoms with Crippen molar-refractivity contribution in [2.45, 2.75) is 57.4 Å². The number of aromatic carboxylic acids is 1. The van der Waals surface area contributed by atoms with Gasteiger partial charge in [-0.2, -0.15) is 0 Å². The molecule has 0 aliphatic carbocycles. The van der Waals surface area contributed by atoms with Gasteiger partial charge >= 0.3 is 5.97 Å². The van der Waals surface area contributed by atoms with Gasteiger partial charge in [-0.05, 0) is 69.6 Å². The lowest BCUT2D eigenvalue weighted by molar-refractivity contribution is -0.0594. The number of imidazole rings is 1. The Bertz CT molecular complexity index is 1510. The molecule has 1 unspecified atom stereocenters. The van der Waals surface area contributed by atoms with Crippen LogP contribution in [0.5, 0.6) is 5.88 Å². The van der Waals surface area contributed by atoms with E-state index in [2.05, 4.69) is 21.4 Å². The van der Waals surface area contributed by atoms with Crippen molar-refractivity contribution in [1.29, 1.82) is 0 Å². The SMILES string of the molecule is CC(c1nc2ccc(C(=O)O)cc2n1C[C@@H]1CCO1)N1CCC(c2cccc(OCc3ccncc3F)n2)CC1. The molecule has 10 heteroatoms. The van der Waals surface area contributed by atoms with E-state index in [1.54, 1.807) is 36.5 Å². The molecule has 2 saturated heterocycles. The first kappa shape index (κ1) is 26.3. The number of aromatic nitrogens is 4. The molecule has 5 heterocycles. The largest absolute Gasteiger partial charge is 0.478 e. The molecule has 9 nitrogen and oxygen atoms in total. The molecule has 2 atom stereocenters. The zero-order chi connectivity index (χ0) is 27.6. The first-order chi connectivity index (χ1) is 19.5. The van der Waals surface area contributed by atoms with Crippen molar-refractivity contribution in [1.82, 2.24) is 24.4 Å². The molecule has 40 heavy (non-hydrogen) atoms. The smallest absolute Gasteiger partial charge is 0.335 e. The van der Waals surface area contributed by atoms with Crippen molar-refractivity contribution in [2.75, 3.05) is 19.7 Å². The van der Waals surface area contributed by atoms with Crippen LogP contribution in [0.2, 0.25) is 0 Å². The molecule has 2 aliphatic heterocycles. The van der Waals surface area contributed by atoms with Crippen LogP contribution >= 0.6 is 0 Å². The Kier molecular flexibility index (Phi) is 7.44. The predicted octanol–water partition coefficient (Wildman–Crippen LogP) is 4.97. The minimum absolute atomic E-state index is 0.0552. The first-order valence-electron chi connectivity index (χ1n) is 13.7. The Labute approximate surface area is 231 Å². The molecule has 4 aromatic rings. The van der Waals surface area contributed by atoms with E-state index in [1.807, 2.05) is 12.1 Å². The Morgan fingerprint density at radius 3 is 2.73 bits per heavy atom. The van der Waals surface area contributed by atoms with Gasteiger partial charge < -0.3 is 19.1 Å². The third-order valence-corrected chi connectivity index (χ3v) is 8.05. The third kappa shape index (κ3) is 5.41. The maximum atomic E-state index is 13.9. The summed E-state index contributed by atoms with van der Waals surface area (Å²) in [5.41, 5.74) is 3.32. The number of fused-ring (bicyclic) bond motifs is 1. The number of pyridine rings is 2. The van der Waals surface area contributed by atoms with Gasteiger partial charge in [0.05, 0.1) is 41.5 Å². The second-order valence-electron chi connectivity index (χ2n) is 10.5. The van der Waals surface area contributed by atoms with Crippen LogP contribution in [0.1, 0.15) is 65.6 Å². The highest BCUT2D eigenvalue weighted by Gasteiger charge is 2.30. The molecule has 2 fully saturated rings. The number of carboxylic acids is 1. The van der Waals surface area contributed by atoms with Crippen LogP contribution in [0.3, 0.4) is 0 Å². The number of nitrogens with zero attached hydrogens (tertiary/aromatic N) is 5. The van der Waals surface area contributed by atoms with Gasteiger partial charge in [-0.25, -0.2) is 19.2 Å². The summed E-state index contributed by atoms with van der Waals surface area (Å²) >= 11 is 0. The van der Waals surface area contributed by atoms with Gasteiger partial charge in [-0.1, -0.05) is 6.07 Å². The lowest BCUT2D eigenvalue weighted by Crippen LogP contribution is -2.37. The van der Waals surface area contributed by atoms with Crippen molar-refractivity contribution < 1.29 is 23.8 Å². The molecule has 2 aliphatic rings. The summed E-state index contributed by atoms with van der Waals surface area (Å²) in [4.78, 5) is 27.5. The summed E-state index contributed by atoms with van der Waals surface area (Å²) in [5, 5.41) is 9.53. The number of piperidine rings is 1. The lowest BCUT2D eigenvalue weighted by Gasteiger charge is -2.36. The molecular weight excluding hydrogens is 513 g/mol. The van der Waals surface area contributed by atoms with Crippen LogP contribution in [0.25, 0.3) is 11.0 Å². The number of carbonyl (C=O) groups is 1. The number of rotatable bonds is 9. The average Bonchev–Trinajstić information content (AvgIpc) is 3.32. The lowest BCUT2D eigenvalue weighted by atomic mass is 9.92. The molecule has 0 bridgehead atoms. The van der Waals surface area contributed by atoms with Gasteiger partial charge in [0.2, 0.25) is 5.88 Å². The first-order valence-corrected chi connectivity index (χ1v) is 13.7. The Morgan fingerprint density at radius 2 is 2.00 bits per heavy atom. The summed E-state index contributed by atoms with van der Waals surface area (Å²) < 4.78 is 27.6. The van der Waals surface area contributed by atoms with E-state index in [0.717, 1.165) is 61.5 Å². The maximum absolute atomic E-state index is 13.9. The molecule has 208 valence electrons. The van der Waals surface area contributed by atoms with Gasteiger partial charge in [0.15, 0.2) is 0 Å². The fraction of sp³-hybridized carbons (Fsp3) is 0.400. The van der Waals surface area contributed by atoms with E-state index in [9.17, 15) is 14.3 Å². The van der Waals surface area contributed by atoms with E-state index in [4.69, 9.17) is 19.4 Å². The zero-order valence-electron chi connectivity index (χ0n) is 22.4. The van der Waals surface area contributed by atoms with Crippen molar-refractivity contribution >= 4 is 17.0 Å². The second-order valence-corrected chi connectivity index (χ2v) is 10.5. The predicted molar refractivity (Wildman–Crippen MR) is 146 cm³/mol. The average molecular weight is 546 g/mol. The zero-order valence-corrected chi connectivity index (χ0v) is 22.4. The Hall–Kier alpha value is -3.89. The minimum Gasteiger partial charge on any atom is -0.478 e.